The average molecular weight is 177 g/mol. The number of rotatable bonds is 1. The summed E-state index contributed by atoms with van der Waals surface area (Å²) in [6.07, 6.45) is 2.92. The first-order valence-electron chi connectivity index (χ1n) is 4.68. The number of aromatic nitrogens is 2. The minimum Gasteiger partial charge on any atom is -0.369 e. The van der Waals surface area contributed by atoms with E-state index in [0.29, 0.717) is 6.04 Å². The molecule has 70 valence electrons. The van der Waals surface area contributed by atoms with Crippen LogP contribution in [-0.2, 0) is 6.42 Å². The SMILES string of the molecule is C=C1c2cn[nH]c2CCN1C(C)C. The molecule has 2 rings (SSSR count). The first kappa shape index (κ1) is 8.35. The standard InChI is InChI=1S/C10H15N3/c1-7(2)13-5-4-10-9(8(13)3)6-11-12-10/h6-7H,3-5H2,1-2H3,(H,11,12). The smallest absolute Gasteiger partial charge is 0.0583 e. The molecule has 3 heteroatoms. The van der Waals surface area contributed by atoms with Gasteiger partial charge in [-0.2, -0.15) is 5.10 Å². The second kappa shape index (κ2) is 2.91. The van der Waals surface area contributed by atoms with E-state index in [0.717, 1.165) is 18.7 Å². The number of nitrogens with zero attached hydrogens (tertiary/aromatic N) is 2. The van der Waals surface area contributed by atoms with Crippen LogP contribution < -0.4 is 0 Å². The van der Waals surface area contributed by atoms with E-state index >= 15 is 0 Å². The molecule has 0 fully saturated rings. The Morgan fingerprint density at radius 2 is 2.38 bits per heavy atom. The van der Waals surface area contributed by atoms with Crippen LogP contribution in [0.3, 0.4) is 0 Å². The number of hydrogen-bond donors (Lipinski definition) is 1. The molecule has 1 aliphatic heterocycles. The highest BCUT2D eigenvalue weighted by Gasteiger charge is 2.22. The van der Waals surface area contributed by atoms with E-state index in [-0.39, 0.29) is 0 Å². The van der Waals surface area contributed by atoms with Gasteiger partial charge in [0.15, 0.2) is 0 Å². The van der Waals surface area contributed by atoms with Crippen LogP contribution in [0.15, 0.2) is 12.8 Å². The van der Waals surface area contributed by atoms with Crippen molar-refractivity contribution in [3.05, 3.63) is 24.0 Å². The molecule has 0 bridgehead atoms. The highest BCUT2D eigenvalue weighted by atomic mass is 15.2. The summed E-state index contributed by atoms with van der Waals surface area (Å²) in [6, 6.07) is 0.524. The van der Waals surface area contributed by atoms with Crippen molar-refractivity contribution in [3.8, 4) is 0 Å². The number of H-pyrrole nitrogens is 1. The Hall–Kier alpha value is -1.25. The lowest BCUT2D eigenvalue weighted by atomic mass is 10.0. The van der Waals surface area contributed by atoms with Crippen molar-refractivity contribution >= 4 is 5.70 Å². The molecule has 0 aromatic carbocycles. The molecule has 1 aromatic heterocycles. The lowest BCUT2D eigenvalue weighted by Crippen LogP contribution is -2.34. The molecule has 0 aliphatic carbocycles. The van der Waals surface area contributed by atoms with Gasteiger partial charge in [0.1, 0.15) is 0 Å². The van der Waals surface area contributed by atoms with E-state index in [1.165, 1.54) is 11.3 Å². The Morgan fingerprint density at radius 3 is 3.08 bits per heavy atom. The molecule has 0 saturated heterocycles. The zero-order valence-corrected chi connectivity index (χ0v) is 8.17. The van der Waals surface area contributed by atoms with Gasteiger partial charge in [-0.15, -0.1) is 0 Å². The summed E-state index contributed by atoms with van der Waals surface area (Å²) in [5, 5.41) is 7.05. The molecule has 0 spiro atoms. The fourth-order valence-corrected chi connectivity index (χ4v) is 1.84. The van der Waals surface area contributed by atoms with Crippen molar-refractivity contribution in [1.82, 2.24) is 15.1 Å². The van der Waals surface area contributed by atoms with Gasteiger partial charge in [0, 0.05) is 36.0 Å². The van der Waals surface area contributed by atoms with E-state index in [1.807, 2.05) is 6.20 Å². The van der Waals surface area contributed by atoms with Gasteiger partial charge in [0.2, 0.25) is 0 Å². The lowest BCUT2D eigenvalue weighted by molar-refractivity contribution is 0.325. The van der Waals surface area contributed by atoms with E-state index in [2.05, 4.69) is 35.5 Å². The van der Waals surface area contributed by atoms with Crippen molar-refractivity contribution < 1.29 is 0 Å². The van der Waals surface area contributed by atoms with Crippen LogP contribution in [0.1, 0.15) is 25.1 Å². The summed E-state index contributed by atoms with van der Waals surface area (Å²) < 4.78 is 0. The van der Waals surface area contributed by atoms with Crippen molar-refractivity contribution in [2.75, 3.05) is 6.54 Å². The summed E-state index contributed by atoms with van der Waals surface area (Å²) >= 11 is 0. The number of fused-ring (bicyclic) bond motifs is 1. The third-order valence-corrected chi connectivity index (χ3v) is 2.60. The van der Waals surface area contributed by atoms with Crippen molar-refractivity contribution in [3.63, 3.8) is 0 Å². The van der Waals surface area contributed by atoms with Crippen LogP contribution in [0, 0.1) is 0 Å². The fourth-order valence-electron chi connectivity index (χ4n) is 1.84. The third kappa shape index (κ3) is 1.24. The van der Waals surface area contributed by atoms with E-state index < -0.39 is 0 Å². The Labute approximate surface area is 78.4 Å². The molecule has 1 aliphatic rings. The molecular weight excluding hydrogens is 162 g/mol. The van der Waals surface area contributed by atoms with Crippen LogP contribution in [0.4, 0.5) is 0 Å². The second-order valence-electron chi connectivity index (χ2n) is 3.75. The zero-order chi connectivity index (χ0) is 9.42. The van der Waals surface area contributed by atoms with Gasteiger partial charge in [-0.05, 0) is 13.8 Å². The average Bonchev–Trinajstić information content (AvgIpc) is 2.52. The van der Waals surface area contributed by atoms with Gasteiger partial charge in [-0.3, -0.25) is 5.10 Å². The van der Waals surface area contributed by atoms with Gasteiger partial charge in [-0.25, -0.2) is 0 Å². The first-order chi connectivity index (χ1) is 6.20. The van der Waals surface area contributed by atoms with Gasteiger partial charge in [-0.1, -0.05) is 6.58 Å². The Bertz CT molecular complexity index is 325. The van der Waals surface area contributed by atoms with E-state index in [1.54, 1.807) is 0 Å². The normalized spacial score (nSPS) is 16.5. The summed E-state index contributed by atoms with van der Waals surface area (Å²) in [7, 11) is 0. The molecule has 3 nitrogen and oxygen atoms in total. The summed E-state index contributed by atoms with van der Waals surface area (Å²) in [5.74, 6) is 0. The largest absolute Gasteiger partial charge is 0.369 e. The quantitative estimate of drug-likeness (QED) is 0.707. The van der Waals surface area contributed by atoms with Crippen LogP contribution in [-0.4, -0.2) is 27.7 Å². The maximum absolute atomic E-state index is 4.10. The molecular formula is C10H15N3. The zero-order valence-electron chi connectivity index (χ0n) is 8.17. The third-order valence-electron chi connectivity index (χ3n) is 2.60. The molecule has 2 heterocycles. The predicted molar refractivity (Wildman–Crippen MR) is 53.2 cm³/mol. The van der Waals surface area contributed by atoms with Crippen LogP contribution in [0.2, 0.25) is 0 Å². The fraction of sp³-hybridized carbons (Fsp3) is 0.500. The first-order valence-corrected chi connectivity index (χ1v) is 4.68. The summed E-state index contributed by atoms with van der Waals surface area (Å²) in [5.41, 5.74) is 3.51. The van der Waals surface area contributed by atoms with Gasteiger partial charge >= 0.3 is 0 Å². The molecule has 13 heavy (non-hydrogen) atoms. The second-order valence-corrected chi connectivity index (χ2v) is 3.75. The molecule has 0 saturated carbocycles. The molecule has 1 aromatic rings. The van der Waals surface area contributed by atoms with Crippen molar-refractivity contribution in [1.29, 1.82) is 0 Å². The topological polar surface area (TPSA) is 31.9 Å². The Kier molecular flexibility index (Phi) is 1.87. The molecule has 0 radical (unpaired) electrons. The van der Waals surface area contributed by atoms with Crippen molar-refractivity contribution in [2.45, 2.75) is 26.3 Å². The highest BCUT2D eigenvalue weighted by Crippen LogP contribution is 2.26. The minimum absolute atomic E-state index is 0.524. The Balaban J connectivity index is 2.32. The van der Waals surface area contributed by atoms with Gasteiger partial charge < -0.3 is 4.90 Å². The summed E-state index contributed by atoms with van der Waals surface area (Å²) in [4.78, 5) is 2.32. The van der Waals surface area contributed by atoms with E-state index in [4.69, 9.17) is 0 Å². The molecule has 1 N–H and O–H groups in total. The number of hydrogen-bond acceptors (Lipinski definition) is 2. The minimum atomic E-state index is 0.524. The van der Waals surface area contributed by atoms with Gasteiger partial charge in [0.25, 0.3) is 0 Å². The highest BCUT2D eigenvalue weighted by molar-refractivity contribution is 5.65. The lowest BCUT2D eigenvalue weighted by Gasteiger charge is -2.33. The maximum Gasteiger partial charge on any atom is 0.0583 e. The maximum atomic E-state index is 4.10. The summed E-state index contributed by atoms with van der Waals surface area (Å²) in [6.45, 7) is 9.53. The molecule has 0 amide bonds. The van der Waals surface area contributed by atoms with Crippen LogP contribution in [0.25, 0.3) is 5.70 Å². The molecule has 0 unspecified atom stereocenters. The predicted octanol–water partition coefficient (Wildman–Crippen LogP) is 1.65. The van der Waals surface area contributed by atoms with Crippen LogP contribution in [0.5, 0.6) is 0 Å². The van der Waals surface area contributed by atoms with Gasteiger partial charge in [0.05, 0.1) is 6.20 Å². The Morgan fingerprint density at radius 1 is 1.62 bits per heavy atom. The number of nitrogens with one attached hydrogen (secondary N) is 1. The van der Waals surface area contributed by atoms with E-state index in [9.17, 15) is 0 Å². The monoisotopic (exact) mass is 177 g/mol. The van der Waals surface area contributed by atoms with Crippen molar-refractivity contribution in [2.24, 2.45) is 0 Å². The van der Waals surface area contributed by atoms with Crippen LogP contribution >= 0.6 is 0 Å². The molecule has 0 atom stereocenters. The number of aromatic amines is 1.